The quantitative estimate of drug-likeness (QED) is 0.796. The van der Waals surface area contributed by atoms with E-state index in [9.17, 15) is 4.79 Å². The van der Waals surface area contributed by atoms with E-state index in [2.05, 4.69) is 6.07 Å². The van der Waals surface area contributed by atoms with Crippen molar-refractivity contribution in [3.63, 3.8) is 0 Å². The monoisotopic (exact) mass is 302 g/mol. The Morgan fingerprint density at radius 2 is 2.23 bits per heavy atom. The first-order valence-electron chi connectivity index (χ1n) is 7.43. The van der Waals surface area contributed by atoms with Crippen LogP contribution in [0.15, 0.2) is 18.2 Å². The van der Waals surface area contributed by atoms with Crippen LogP contribution < -0.4 is 4.74 Å². The Morgan fingerprint density at radius 3 is 2.91 bits per heavy atom. The topological polar surface area (TPSA) is 71.8 Å². The third-order valence-electron chi connectivity index (χ3n) is 4.03. The lowest BCUT2D eigenvalue weighted by atomic mass is 10.0. The molecule has 0 N–H and O–H groups in total. The SMILES string of the molecule is CCOC(=O)N1CCC2(CC1)OCc1ccc(C#N)cc1O2. The summed E-state index contributed by atoms with van der Waals surface area (Å²) in [6.45, 7) is 3.69. The molecule has 2 heterocycles. The summed E-state index contributed by atoms with van der Waals surface area (Å²) in [6.07, 6.45) is 0.879. The molecule has 0 aliphatic carbocycles. The standard InChI is InChI=1S/C16H18N2O4/c1-2-20-15(19)18-7-5-16(6-8-18)21-11-13-4-3-12(10-17)9-14(13)22-16/h3-4,9H,2,5-8,11H2,1H3. The molecule has 1 saturated heterocycles. The fourth-order valence-corrected chi connectivity index (χ4v) is 2.77. The number of amides is 1. The summed E-state index contributed by atoms with van der Waals surface area (Å²) >= 11 is 0. The van der Waals surface area contributed by atoms with Crippen molar-refractivity contribution in [2.24, 2.45) is 0 Å². The van der Waals surface area contributed by atoms with Crippen molar-refractivity contribution in [2.75, 3.05) is 19.7 Å². The normalized spacial score (nSPS) is 19.0. The minimum absolute atomic E-state index is 0.291. The summed E-state index contributed by atoms with van der Waals surface area (Å²) in [7, 11) is 0. The average molecular weight is 302 g/mol. The predicted molar refractivity (Wildman–Crippen MR) is 77.1 cm³/mol. The van der Waals surface area contributed by atoms with Crippen LogP contribution in [0, 0.1) is 11.3 Å². The molecule has 1 fully saturated rings. The highest BCUT2D eigenvalue weighted by molar-refractivity contribution is 5.67. The summed E-state index contributed by atoms with van der Waals surface area (Å²) in [5.74, 6) is -0.000695. The largest absolute Gasteiger partial charge is 0.462 e. The van der Waals surface area contributed by atoms with E-state index in [4.69, 9.17) is 19.5 Å². The highest BCUT2D eigenvalue weighted by Crippen LogP contribution is 2.37. The highest BCUT2D eigenvalue weighted by atomic mass is 16.7. The van der Waals surface area contributed by atoms with E-state index in [0.29, 0.717) is 50.5 Å². The van der Waals surface area contributed by atoms with Crippen LogP contribution in [0.25, 0.3) is 0 Å². The molecule has 1 spiro atoms. The molecule has 0 radical (unpaired) electrons. The van der Waals surface area contributed by atoms with Crippen LogP contribution in [-0.2, 0) is 16.1 Å². The zero-order valence-electron chi connectivity index (χ0n) is 12.5. The van der Waals surface area contributed by atoms with Gasteiger partial charge < -0.3 is 19.1 Å². The Labute approximate surface area is 129 Å². The summed E-state index contributed by atoms with van der Waals surface area (Å²) in [5, 5.41) is 8.99. The second-order valence-electron chi connectivity index (χ2n) is 5.42. The van der Waals surface area contributed by atoms with Gasteiger partial charge in [0.25, 0.3) is 0 Å². The lowest BCUT2D eigenvalue weighted by molar-refractivity contribution is -0.226. The van der Waals surface area contributed by atoms with Crippen molar-refractivity contribution in [2.45, 2.75) is 32.2 Å². The Kier molecular flexibility index (Phi) is 3.90. The van der Waals surface area contributed by atoms with Gasteiger partial charge in [0.2, 0.25) is 5.79 Å². The molecule has 2 aliphatic rings. The van der Waals surface area contributed by atoms with Gasteiger partial charge in [0, 0.05) is 31.5 Å². The van der Waals surface area contributed by atoms with Crippen LogP contribution in [0.2, 0.25) is 0 Å². The zero-order valence-corrected chi connectivity index (χ0v) is 12.5. The molecular weight excluding hydrogens is 284 g/mol. The van der Waals surface area contributed by atoms with Crippen molar-refractivity contribution in [3.05, 3.63) is 29.3 Å². The number of hydrogen-bond acceptors (Lipinski definition) is 5. The molecular formula is C16H18N2O4. The van der Waals surface area contributed by atoms with Crippen molar-refractivity contribution in [1.29, 1.82) is 5.26 Å². The fourth-order valence-electron chi connectivity index (χ4n) is 2.77. The van der Waals surface area contributed by atoms with E-state index in [1.165, 1.54) is 0 Å². The minimum atomic E-state index is -0.704. The maximum Gasteiger partial charge on any atom is 0.409 e. The molecule has 1 aromatic rings. The molecule has 0 saturated carbocycles. The number of fused-ring (bicyclic) bond motifs is 1. The molecule has 3 rings (SSSR count). The van der Waals surface area contributed by atoms with Gasteiger partial charge in [-0.05, 0) is 19.1 Å². The van der Waals surface area contributed by atoms with Gasteiger partial charge in [-0.3, -0.25) is 0 Å². The second-order valence-corrected chi connectivity index (χ2v) is 5.42. The van der Waals surface area contributed by atoms with Crippen LogP contribution in [0.1, 0.15) is 30.9 Å². The molecule has 0 unspecified atom stereocenters. The third kappa shape index (κ3) is 2.72. The first-order chi connectivity index (χ1) is 10.7. The van der Waals surface area contributed by atoms with Crippen molar-refractivity contribution in [3.8, 4) is 11.8 Å². The second kappa shape index (κ2) is 5.85. The Hall–Kier alpha value is -2.26. The maximum atomic E-state index is 11.7. The molecule has 1 aromatic carbocycles. The summed E-state index contributed by atoms with van der Waals surface area (Å²) in [5.41, 5.74) is 1.51. The Balaban J connectivity index is 1.70. The molecule has 116 valence electrons. The molecule has 6 nitrogen and oxygen atoms in total. The number of ether oxygens (including phenoxy) is 3. The molecule has 22 heavy (non-hydrogen) atoms. The van der Waals surface area contributed by atoms with E-state index in [0.717, 1.165) is 5.56 Å². The minimum Gasteiger partial charge on any atom is -0.462 e. The van der Waals surface area contributed by atoms with Gasteiger partial charge in [-0.2, -0.15) is 5.26 Å². The first kappa shape index (κ1) is 14.7. The molecule has 0 bridgehead atoms. The van der Waals surface area contributed by atoms with E-state index in [1.54, 1.807) is 24.0 Å². The number of rotatable bonds is 1. The van der Waals surface area contributed by atoms with Gasteiger partial charge in [0.15, 0.2) is 0 Å². The van der Waals surface area contributed by atoms with Gasteiger partial charge in [0.1, 0.15) is 5.75 Å². The number of carbonyl (C=O) groups excluding carboxylic acids is 1. The summed E-state index contributed by atoms with van der Waals surface area (Å²) in [6, 6.07) is 7.47. The average Bonchev–Trinajstić information content (AvgIpc) is 2.55. The Morgan fingerprint density at radius 1 is 1.45 bits per heavy atom. The van der Waals surface area contributed by atoms with Crippen molar-refractivity contribution >= 4 is 6.09 Å². The summed E-state index contributed by atoms with van der Waals surface area (Å²) < 4.78 is 17.0. The van der Waals surface area contributed by atoms with Crippen LogP contribution in [0.5, 0.6) is 5.75 Å². The van der Waals surface area contributed by atoms with Crippen LogP contribution in [0.3, 0.4) is 0 Å². The molecule has 1 amide bonds. The number of nitrogens with zero attached hydrogens (tertiary/aromatic N) is 2. The first-order valence-corrected chi connectivity index (χ1v) is 7.43. The number of nitriles is 1. The maximum absolute atomic E-state index is 11.7. The highest BCUT2D eigenvalue weighted by Gasteiger charge is 2.42. The number of piperidine rings is 1. The Bertz CT molecular complexity index is 615. The van der Waals surface area contributed by atoms with Crippen LogP contribution >= 0.6 is 0 Å². The number of likely N-dealkylation sites (tertiary alicyclic amines) is 1. The van der Waals surface area contributed by atoms with Crippen molar-refractivity contribution in [1.82, 2.24) is 4.90 Å². The number of carbonyl (C=O) groups is 1. The van der Waals surface area contributed by atoms with E-state index in [1.807, 2.05) is 6.07 Å². The van der Waals surface area contributed by atoms with E-state index < -0.39 is 5.79 Å². The van der Waals surface area contributed by atoms with Gasteiger partial charge >= 0.3 is 6.09 Å². The summed E-state index contributed by atoms with van der Waals surface area (Å²) in [4.78, 5) is 13.4. The van der Waals surface area contributed by atoms with Crippen LogP contribution in [-0.4, -0.2) is 36.5 Å². The molecule has 0 aromatic heterocycles. The van der Waals surface area contributed by atoms with Gasteiger partial charge in [-0.25, -0.2) is 4.79 Å². The van der Waals surface area contributed by atoms with E-state index >= 15 is 0 Å². The number of benzene rings is 1. The van der Waals surface area contributed by atoms with Crippen molar-refractivity contribution < 1.29 is 19.0 Å². The van der Waals surface area contributed by atoms with Gasteiger partial charge in [0.05, 0.1) is 24.8 Å². The zero-order chi connectivity index (χ0) is 15.6. The lowest BCUT2D eigenvalue weighted by Crippen LogP contribution is -2.52. The fraction of sp³-hybridized carbons (Fsp3) is 0.500. The molecule has 2 aliphatic heterocycles. The van der Waals surface area contributed by atoms with E-state index in [-0.39, 0.29) is 6.09 Å². The van der Waals surface area contributed by atoms with Gasteiger partial charge in [-0.15, -0.1) is 0 Å². The third-order valence-corrected chi connectivity index (χ3v) is 4.03. The van der Waals surface area contributed by atoms with Crippen LogP contribution in [0.4, 0.5) is 4.79 Å². The predicted octanol–water partition coefficient (Wildman–Crippen LogP) is 2.42. The molecule has 0 atom stereocenters. The number of hydrogen-bond donors (Lipinski definition) is 0. The lowest BCUT2D eigenvalue weighted by Gasteiger charge is -2.43. The van der Waals surface area contributed by atoms with Gasteiger partial charge in [-0.1, -0.05) is 6.07 Å². The molecule has 6 heteroatoms. The smallest absolute Gasteiger partial charge is 0.409 e.